The van der Waals surface area contributed by atoms with Crippen LogP contribution in [0.3, 0.4) is 0 Å². The highest BCUT2D eigenvalue weighted by atomic mass is 19.1. The molecule has 2 aliphatic heterocycles. The van der Waals surface area contributed by atoms with Crippen LogP contribution in [-0.2, 0) is 11.2 Å². The molecule has 1 aromatic carbocycles. The van der Waals surface area contributed by atoms with Crippen LogP contribution in [0, 0.1) is 18.6 Å². The monoisotopic (exact) mass is 572 g/mol. The van der Waals surface area contributed by atoms with Crippen molar-refractivity contribution in [2.45, 2.75) is 45.6 Å². The molecule has 1 N–H and O–H groups in total. The topological polar surface area (TPSA) is 104 Å². The summed E-state index contributed by atoms with van der Waals surface area (Å²) in [6.07, 6.45) is 3.57. The highest BCUT2D eigenvalue weighted by Gasteiger charge is 2.37. The molecule has 0 spiro atoms. The lowest BCUT2D eigenvalue weighted by Gasteiger charge is -2.41. The fourth-order valence-corrected chi connectivity index (χ4v) is 6.15. The molecule has 1 fully saturated rings. The van der Waals surface area contributed by atoms with Crippen LogP contribution in [-0.4, -0.2) is 61.1 Å². The highest BCUT2D eigenvalue weighted by Crippen LogP contribution is 2.41. The largest absolute Gasteiger partial charge is 0.507 e. The predicted octanol–water partition coefficient (Wildman–Crippen LogP) is 4.41. The Morgan fingerprint density at radius 1 is 1.19 bits per heavy atom. The molecule has 6 rings (SSSR count). The standard InChI is InChI=1S/C31H30F2N6O3/c1-5-22(41)37-13-14-38-18(15-37)9-10-19-23-29(38)36-31(42)39(28-17(4)11-12-34-26(28)16(2)3)30(23)35-27(25(19)33)24-20(32)7-6-8-21(24)40/h5-8,11-12,16,18,40H,1,9-10,13-15H2,2-4H3. The number of anilines is 1. The lowest BCUT2D eigenvalue weighted by Crippen LogP contribution is -2.55. The maximum atomic E-state index is 16.5. The van der Waals surface area contributed by atoms with Crippen molar-refractivity contribution in [3.05, 3.63) is 82.1 Å². The van der Waals surface area contributed by atoms with E-state index < -0.39 is 28.8 Å². The van der Waals surface area contributed by atoms with Crippen LogP contribution in [0.15, 0.2) is 47.9 Å². The summed E-state index contributed by atoms with van der Waals surface area (Å²) in [6.45, 7) is 10.4. The van der Waals surface area contributed by atoms with Crippen molar-refractivity contribution in [2.24, 2.45) is 0 Å². The van der Waals surface area contributed by atoms with E-state index in [0.29, 0.717) is 42.8 Å². The van der Waals surface area contributed by atoms with Crippen molar-refractivity contribution in [2.75, 3.05) is 24.5 Å². The van der Waals surface area contributed by atoms with Gasteiger partial charge in [-0.05, 0) is 55.5 Å². The van der Waals surface area contributed by atoms with E-state index in [-0.39, 0.29) is 46.9 Å². The summed E-state index contributed by atoms with van der Waals surface area (Å²) in [6, 6.07) is 5.22. The molecule has 9 nitrogen and oxygen atoms in total. The molecule has 1 saturated heterocycles. The number of nitrogens with zero attached hydrogens (tertiary/aromatic N) is 6. The molecule has 1 amide bonds. The molecular weight excluding hydrogens is 542 g/mol. The van der Waals surface area contributed by atoms with Crippen molar-refractivity contribution >= 4 is 22.8 Å². The number of halogens is 2. The lowest BCUT2D eigenvalue weighted by atomic mass is 9.99. The van der Waals surface area contributed by atoms with Gasteiger partial charge in [0, 0.05) is 37.4 Å². The van der Waals surface area contributed by atoms with Gasteiger partial charge in [-0.3, -0.25) is 9.78 Å². The van der Waals surface area contributed by atoms with Gasteiger partial charge in [0.15, 0.2) is 11.5 Å². The number of rotatable bonds is 4. The van der Waals surface area contributed by atoms with Crippen molar-refractivity contribution in [3.63, 3.8) is 0 Å². The third kappa shape index (κ3) is 4.22. The van der Waals surface area contributed by atoms with Crippen LogP contribution < -0.4 is 10.6 Å². The van der Waals surface area contributed by atoms with Crippen molar-refractivity contribution in [1.82, 2.24) is 24.4 Å². The zero-order chi connectivity index (χ0) is 29.9. The molecule has 11 heteroatoms. The summed E-state index contributed by atoms with van der Waals surface area (Å²) in [5, 5.41) is 11.0. The van der Waals surface area contributed by atoms with Gasteiger partial charge in [0.25, 0.3) is 0 Å². The van der Waals surface area contributed by atoms with E-state index >= 15 is 8.78 Å². The molecule has 0 saturated carbocycles. The Hall–Kier alpha value is -4.67. The van der Waals surface area contributed by atoms with Crippen LogP contribution >= 0.6 is 0 Å². The molecule has 1 atom stereocenters. The first-order valence-corrected chi connectivity index (χ1v) is 13.9. The van der Waals surface area contributed by atoms with E-state index in [0.717, 1.165) is 11.6 Å². The summed E-state index contributed by atoms with van der Waals surface area (Å²) < 4.78 is 33.0. The Morgan fingerprint density at radius 3 is 2.69 bits per heavy atom. The molecular formula is C31H30F2N6O3. The van der Waals surface area contributed by atoms with E-state index in [2.05, 4.69) is 21.5 Å². The molecule has 0 bridgehead atoms. The van der Waals surface area contributed by atoms with Crippen molar-refractivity contribution < 1.29 is 18.7 Å². The minimum absolute atomic E-state index is 0.0768. The van der Waals surface area contributed by atoms with Gasteiger partial charge in [-0.25, -0.2) is 23.1 Å². The van der Waals surface area contributed by atoms with Crippen molar-refractivity contribution in [3.8, 4) is 22.7 Å². The average molecular weight is 573 g/mol. The van der Waals surface area contributed by atoms with Crippen LogP contribution in [0.4, 0.5) is 14.6 Å². The molecule has 4 aromatic rings. The zero-order valence-corrected chi connectivity index (χ0v) is 23.6. The highest BCUT2D eigenvalue weighted by molar-refractivity contribution is 5.95. The van der Waals surface area contributed by atoms with E-state index in [4.69, 9.17) is 0 Å². The second kappa shape index (κ2) is 10.3. The number of hydrogen-bond donors (Lipinski definition) is 1. The smallest absolute Gasteiger partial charge is 0.355 e. The fourth-order valence-electron chi connectivity index (χ4n) is 6.15. The molecule has 1 unspecified atom stereocenters. The number of amides is 1. The first kappa shape index (κ1) is 27.5. The molecule has 0 aliphatic carbocycles. The number of aromatic nitrogens is 4. The van der Waals surface area contributed by atoms with Gasteiger partial charge >= 0.3 is 5.69 Å². The zero-order valence-electron chi connectivity index (χ0n) is 23.6. The number of phenols is 1. The minimum atomic E-state index is -0.846. The molecule has 5 heterocycles. The number of pyridine rings is 2. The molecule has 0 radical (unpaired) electrons. The van der Waals surface area contributed by atoms with Crippen LogP contribution in [0.2, 0.25) is 0 Å². The van der Waals surface area contributed by atoms with E-state index in [1.807, 2.05) is 25.7 Å². The maximum Gasteiger partial charge on any atom is 0.355 e. The Labute approximate surface area is 240 Å². The molecule has 3 aromatic heterocycles. The summed E-state index contributed by atoms with van der Waals surface area (Å²) >= 11 is 0. The molecule has 2 aliphatic rings. The first-order chi connectivity index (χ1) is 20.1. The molecule has 216 valence electrons. The third-order valence-corrected chi connectivity index (χ3v) is 8.17. The third-order valence-electron chi connectivity index (χ3n) is 8.17. The SMILES string of the molecule is C=CC(=O)N1CCN2c3nc(=O)n(-c4c(C)ccnc4C(C)C)c4nc(-c5c(O)cccc5F)c(F)c(c34)CCC2C1. The number of benzene rings is 1. The lowest BCUT2D eigenvalue weighted by molar-refractivity contribution is -0.126. The van der Waals surface area contributed by atoms with E-state index in [1.54, 1.807) is 17.2 Å². The minimum Gasteiger partial charge on any atom is -0.507 e. The Morgan fingerprint density at radius 2 is 1.98 bits per heavy atom. The maximum absolute atomic E-state index is 16.5. The average Bonchev–Trinajstić information content (AvgIpc) is 3.12. The van der Waals surface area contributed by atoms with Gasteiger partial charge in [0.1, 0.15) is 23.1 Å². The van der Waals surface area contributed by atoms with Crippen LogP contribution in [0.25, 0.3) is 28.0 Å². The predicted molar refractivity (Wildman–Crippen MR) is 155 cm³/mol. The second-order valence-corrected chi connectivity index (χ2v) is 11.0. The number of carbonyl (C=O) groups excluding carboxylic acids is 1. The van der Waals surface area contributed by atoms with Crippen LogP contribution in [0.1, 0.15) is 43.0 Å². The Balaban J connectivity index is 1.71. The molecule has 42 heavy (non-hydrogen) atoms. The van der Waals surface area contributed by atoms with Crippen LogP contribution in [0.5, 0.6) is 5.75 Å². The normalized spacial score (nSPS) is 16.5. The number of fused-ring (bicyclic) bond motifs is 2. The summed E-state index contributed by atoms with van der Waals surface area (Å²) in [7, 11) is 0. The fraction of sp³-hybridized carbons (Fsp3) is 0.323. The summed E-state index contributed by atoms with van der Waals surface area (Å²) in [5.41, 5.74) is 0.734. The first-order valence-electron chi connectivity index (χ1n) is 13.9. The summed E-state index contributed by atoms with van der Waals surface area (Å²) in [4.78, 5) is 43.7. The summed E-state index contributed by atoms with van der Waals surface area (Å²) in [5.74, 6) is -2.11. The number of aromatic hydroxyl groups is 1. The Bertz CT molecular complexity index is 1820. The van der Waals surface area contributed by atoms with Gasteiger partial charge in [-0.1, -0.05) is 26.5 Å². The quantitative estimate of drug-likeness (QED) is 0.362. The number of carbonyl (C=O) groups is 1. The Kier molecular flexibility index (Phi) is 6.75. The number of piperazine rings is 1. The number of aryl methyl sites for hydroxylation is 2. The van der Waals surface area contributed by atoms with Gasteiger partial charge in [0.2, 0.25) is 5.91 Å². The van der Waals surface area contributed by atoms with Gasteiger partial charge < -0.3 is 14.9 Å². The second-order valence-electron chi connectivity index (χ2n) is 11.0. The van der Waals surface area contributed by atoms with Crippen molar-refractivity contribution in [1.29, 1.82) is 0 Å². The number of hydrogen-bond acceptors (Lipinski definition) is 7. The van der Waals surface area contributed by atoms with E-state index in [9.17, 15) is 14.7 Å². The van der Waals surface area contributed by atoms with Gasteiger partial charge in [-0.15, -0.1) is 0 Å². The van der Waals surface area contributed by atoms with Gasteiger partial charge in [-0.2, -0.15) is 4.98 Å². The van der Waals surface area contributed by atoms with E-state index in [1.165, 1.54) is 22.8 Å². The van der Waals surface area contributed by atoms with Gasteiger partial charge in [0.05, 0.1) is 22.3 Å². The number of phenolic OH excluding ortho intramolecular Hbond substituents is 1.